The van der Waals surface area contributed by atoms with E-state index in [4.69, 9.17) is 9.98 Å². The van der Waals surface area contributed by atoms with Crippen LogP contribution in [0.4, 0.5) is 11.4 Å². The van der Waals surface area contributed by atoms with Crippen molar-refractivity contribution in [2.75, 3.05) is 18.4 Å². The minimum absolute atomic E-state index is 0.253. The van der Waals surface area contributed by atoms with Crippen LogP contribution in [-0.4, -0.2) is 41.0 Å². The average molecular weight is 413 g/mol. The third-order valence-corrected chi connectivity index (χ3v) is 5.38. The zero-order valence-electron chi connectivity index (χ0n) is 17.8. The molecule has 0 unspecified atom stereocenters. The molecule has 1 fully saturated rings. The van der Waals surface area contributed by atoms with Gasteiger partial charge in [-0.3, -0.25) is 0 Å². The summed E-state index contributed by atoms with van der Waals surface area (Å²) in [6.07, 6.45) is 1.18. The Hall–Kier alpha value is -3.44. The van der Waals surface area contributed by atoms with Crippen molar-refractivity contribution in [3.8, 4) is 0 Å². The fourth-order valence-corrected chi connectivity index (χ4v) is 3.60. The molecule has 0 radical (unpaired) electrons. The Morgan fingerprint density at radius 1 is 0.871 bits per heavy atom. The molecule has 158 valence electrons. The van der Waals surface area contributed by atoms with Gasteiger partial charge in [-0.05, 0) is 49.6 Å². The Balaban J connectivity index is 1.78. The van der Waals surface area contributed by atoms with Crippen LogP contribution in [0.3, 0.4) is 0 Å². The van der Waals surface area contributed by atoms with Gasteiger partial charge in [-0.2, -0.15) is 4.99 Å². The van der Waals surface area contributed by atoms with E-state index in [9.17, 15) is 5.11 Å². The quantitative estimate of drug-likeness (QED) is 0.470. The van der Waals surface area contributed by atoms with Crippen LogP contribution in [0.25, 0.3) is 0 Å². The first-order valence-electron chi connectivity index (χ1n) is 10.7. The van der Waals surface area contributed by atoms with Gasteiger partial charge in [0.1, 0.15) is 5.84 Å². The third kappa shape index (κ3) is 5.58. The van der Waals surface area contributed by atoms with Gasteiger partial charge in [0.2, 0.25) is 5.96 Å². The molecular formula is C26H28N4O. The molecule has 1 heterocycles. The maximum absolute atomic E-state index is 9.97. The molecule has 5 heteroatoms. The first-order chi connectivity index (χ1) is 15.2. The lowest BCUT2D eigenvalue weighted by Crippen LogP contribution is -2.40. The van der Waals surface area contributed by atoms with Crippen molar-refractivity contribution in [2.45, 2.75) is 25.9 Å². The predicted octanol–water partition coefficient (Wildman–Crippen LogP) is 5.00. The van der Waals surface area contributed by atoms with Crippen molar-refractivity contribution in [2.24, 2.45) is 9.98 Å². The number of nitrogens with one attached hydrogen (secondary N) is 1. The highest BCUT2D eigenvalue weighted by atomic mass is 16.3. The minimum Gasteiger partial charge on any atom is -0.393 e. The van der Waals surface area contributed by atoms with Gasteiger partial charge in [0.05, 0.1) is 11.8 Å². The topological polar surface area (TPSA) is 60.2 Å². The van der Waals surface area contributed by atoms with E-state index >= 15 is 0 Å². The highest BCUT2D eigenvalue weighted by Crippen LogP contribution is 2.19. The van der Waals surface area contributed by atoms with Crippen LogP contribution in [0.1, 0.15) is 24.0 Å². The predicted molar refractivity (Wildman–Crippen MR) is 128 cm³/mol. The van der Waals surface area contributed by atoms with Gasteiger partial charge in [0.25, 0.3) is 0 Å². The van der Waals surface area contributed by atoms with E-state index in [-0.39, 0.29) is 6.10 Å². The summed E-state index contributed by atoms with van der Waals surface area (Å²) >= 11 is 0. The van der Waals surface area contributed by atoms with E-state index in [2.05, 4.69) is 29.3 Å². The number of hydrogen-bond donors (Lipinski definition) is 2. The maximum atomic E-state index is 9.97. The molecule has 0 bridgehead atoms. The SMILES string of the molecule is Cc1ccccc1C(=NC(=Nc1ccccc1)N1CCC(O)CC1)Nc1ccccc1. The molecule has 0 aromatic heterocycles. The lowest BCUT2D eigenvalue weighted by Gasteiger charge is -2.30. The molecule has 5 nitrogen and oxygen atoms in total. The highest BCUT2D eigenvalue weighted by Gasteiger charge is 2.21. The molecule has 0 aliphatic carbocycles. The van der Waals surface area contributed by atoms with Crippen LogP contribution in [0.5, 0.6) is 0 Å². The van der Waals surface area contributed by atoms with Gasteiger partial charge in [-0.25, -0.2) is 4.99 Å². The van der Waals surface area contributed by atoms with Crippen molar-refractivity contribution in [1.29, 1.82) is 0 Å². The number of anilines is 1. The average Bonchev–Trinajstić information content (AvgIpc) is 2.80. The first-order valence-corrected chi connectivity index (χ1v) is 10.7. The van der Waals surface area contributed by atoms with Gasteiger partial charge in [0.15, 0.2) is 0 Å². The molecule has 0 atom stereocenters. The lowest BCUT2D eigenvalue weighted by molar-refractivity contribution is 0.109. The van der Waals surface area contributed by atoms with E-state index in [1.807, 2.05) is 72.8 Å². The summed E-state index contributed by atoms with van der Waals surface area (Å²) in [5.74, 6) is 1.41. The van der Waals surface area contributed by atoms with Gasteiger partial charge < -0.3 is 15.3 Å². The summed E-state index contributed by atoms with van der Waals surface area (Å²) in [6.45, 7) is 3.54. The number of hydrogen-bond acceptors (Lipinski definition) is 2. The molecule has 3 aromatic carbocycles. The van der Waals surface area contributed by atoms with Crippen molar-refractivity contribution < 1.29 is 5.11 Å². The molecule has 3 aromatic rings. The number of aliphatic hydroxyl groups excluding tert-OH is 1. The lowest BCUT2D eigenvalue weighted by atomic mass is 10.1. The van der Waals surface area contributed by atoms with Gasteiger partial charge in [0, 0.05) is 24.3 Å². The van der Waals surface area contributed by atoms with Gasteiger partial charge in [-0.1, -0.05) is 60.7 Å². The van der Waals surface area contributed by atoms with Crippen molar-refractivity contribution >= 4 is 23.2 Å². The summed E-state index contributed by atoms with van der Waals surface area (Å²) < 4.78 is 0. The number of benzene rings is 3. The summed E-state index contributed by atoms with van der Waals surface area (Å²) in [7, 11) is 0. The zero-order chi connectivity index (χ0) is 21.5. The number of para-hydroxylation sites is 2. The molecule has 1 aliphatic heterocycles. The molecule has 1 aliphatic rings. The molecule has 31 heavy (non-hydrogen) atoms. The molecule has 1 saturated heterocycles. The van der Waals surface area contributed by atoms with E-state index < -0.39 is 0 Å². The van der Waals surface area contributed by atoms with Crippen molar-refractivity contribution in [3.05, 3.63) is 96.1 Å². The molecule has 4 rings (SSSR count). The molecule has 2 N–H and O–H groups in total. The first kappa shape index (κ1) is 20.8. The van der Waals surface area contributed by atoms with E-state index in [0.29, 0.717) is 5.96 Å². The van der Waals surface area contributed by atoms with Crippen LogP contribution >= 0.6 is 0 Å². The van der Waals surface area contributed by atoms with Crippen LogP contribution in [-0.2, 0) is 0 Å². The second-order valence-corrected chi connectivity index (χ2v) is 7.73. The monoisotopic (exact) mass is 412 g/mol. The molecular weight excluding hydrogens is 384 g/mol. The van der Waals surface area contributed by atoms with Crippen molar-refractivity contribution in [3.63, 3.8) is 0 Å². The number of piperidine rings is 1. The summed E-state index contributed by atoms with van der Waals surface area (Å²) in [6, 6.07) is 28.2. The number of aliphatic imine (C=N–C) groups is 2. The largest absolute Gasteiger partial charge is 0.393 e. The number of aryl methyl sites for hydroxylation is 1. The maximum Gasteiger partial charge on any atom is 0.227 e. The smallest absolute Gasteiger partial charge is 0.227 e. The number of nitrogens with zero attached hydrogens (tertiary/aromatic N) is 3. The van der Waals surface area contributed by atoms with E-state index in [0.717, 1.165) is 54.3 Å². The second kappa shape index (κ2) is 10.0. The van der Waals surface area contributed by atoms with Crippen LogP contribution < -0.4 is 5.32 Å². The zero-order valence-corrected chi connectivity index (χ0v) is 17.8. The molecule has 0 amide bonds. The Bertz CT molecular complexity index is 1040. The Kier molecular flexibility index (Phi) is 6.75. The minimum atomic E-state index is -0.253. The Morgan fingerprint density at radius 2 is 1.48 bits per heavy atom. The Morgan fingerprint density at radius 3 is 2.16 bits per heavy atom. The number of guanidine groups is 1. The third-order valence-electron chi connectivity index (χ3n) is 5.38. The number of likely N-dealkylation sites (tertiary alicyclic amines) is 1. The van der Waals surface area contributed by atoms with Crippen LogP contribution in [0, 0.1) is 6.92 Å². The fraction of sp³-hybridized carbons (Fsp3) is 0.231. The summed E-state index contributed by atoms with van der Waals surface area (Å²) in [5.41, 5.74) is 4.00. The van der Waals surface area contributed by atoms with Crippen molar-refractivity contribution in [1.82, 2.24) is 4.90 Å². The Labute approximate surface area is 183 Å². The standard InChI is InChI=1S/C26H28N4O/c1-20-10-8-9-15-24(20)25(27-21-11-4-2-5-12-21)29-26(28-22-13-6-3-7-14-22)30-18-16-23(31)17-19-30/h2-15,23,31H,16-19H2,1H3,(H,27,28,29). The van der Waals surface area contributed by atoms with Crippen LogP contribution in [0.2, 0.25) is 0 Å². The normalized spacial score (nSPS) is 15.7. The second-order valence-electron chi connectivity index (χ2n) is 7.73. The summed E-state index contributed by atoms with van der Waals surface area (Å²) in [5, 5.41) is 13.5. The summed E-state index contributed by atoms with van der Waals surface area (Å²) in [4.78, 5) is 12.1. The van der Waals surface area contributed by atoms with E-state index in [1.54, 1.807) is 0 Å². The highest BCUT2D eigenvalue weighted by molar-refractivity contribution is 6.14. The van der Waals surface area contributed by atoms with Gasteiger partial charge >= 0.3 is 0 Å². The van der Waals surface area contributed by atoms with Gasteiger partial charge in [-0.15, -0.1) is 0 Å². The number of amidine groups is 1. The number of aliphatic hydroxyl groups is 1. The fourth-order valence-electron chi connectivity index (χ4n) is 3.60. The molecule has 0 saturated carbocycles. The van der Waals surface area contributed by atoms with Crippen LogP contribution in [0.15, 0.2) is 94.9 Å². The van der Waals surface area contributed by atoms with E-state index in [1.165, 1.54) is 0 Å². The molecule has 0 spiro atoms. The number of rotatable bonds is 3.